The maximum Gasteiger partial charge on any atom is 0.252 e. The lowest BCUT2D eigenvalue weighted by atomic mass is 10.1. The van der Waals surface area contributed by atoms with Crippen molar-refractivity contribution < 1.29 is 14.3 Å². The third kappa shape index (κ3) is 2.38. The lowest BCUT2D eigenvalue weighted by Crippen LogP contribution is -2.29. The number of hydrogen-bond acceptors (Lipinski definition) is 3. The molecule has 2 amide bonds. The fraction of sp³-hybridized carbons (Fsp3) is 0.273. The molecular weight excluding hydrogens is 208 g/mol. The van der Waals surface area contributed by atoms with E-state index >= 15 is 0 Å². The summed E-state index contributed by atoms with van der Waals surface area (Å²) in [7, 11) is 0. The Labute approximate surface area is 92.6 Å². The lowest BCUT2D eigenvalue weighted by molar-refractivity contribution is 0.0933. The SMILES string of the molecule is NC(=O)c1ccccc1C(=O)NC[C@@H]1CO1. The van der Waals surface area contributed by atoms with Crippen molar-refractivity contribution in [1.29, 1.82) is 0 Å². The van der Waals surface area contributed by atoms with Crippen LogP contribution in [0.3, 0.4) is 0 Å². The lowest BCUT2D eigenvalue weighted by Gasteiger charge is -2.06. The Morgan fingerprint density at radius 1 is 1.38 bits per heavy atom. The molecule has 1 aromatic carbocycles. The van der Waals surface area contributed by atoms with Crippen LogP contribution in [0.1, 0.15) is 20.7 Å². The Hall–Kier alpha value is -1.88. The molecule has 1 heterocycles. The molecule has 1 aromatic rings. The molecule has 1 aliphatic rings. The van der Waals surface area contributed by atoms with Crippen LogP contribution in [0.25, 0.3) is 0 Å². The molecule has 1 fully saturated rings. The summed E-state index contributed by atoms with van der Waals surface area (Å²) in [5, 5.41) is 2.68. The zero-order chi connectivity index (χ0) is 11.5. The average Bonchev–Trinajstić information content (AvgIpc) is 3.09. The fourth-order valence-electron chi connectivity index (χ4n) is 1.38. The van der Waals surface area contributed by atoms with Gasteiger partial charge in [0.15, 0.2) is 0 Å². The van der Waals surface area contributed by atoms with E-state index in [1.165, 1.54) is 6.07 Å². The van der Waals surface area contributed by atoms with Gasteiger partial charge in [0.05, 0.1) is 23.8 Å². The number of ether oxygens (including phenoxy) is 1. The second-order valence-corrected chi connectivity index (χ2v) is 3.58. The highest BCUT2D eigenvalue weighted by Crippen LogP contribution is 2.10. The molecule has 0 bridgehead atoms. The molecule has 1 atom stereocenters. The van der Waals surface area contributed by atoms with Gasteiger partial charge in [-0.15, -0.1) is 0 Å². The van der Waals surface area contributed by atoms with Crippen LogP contribution in [0.2, 0.25) is 0 Å². The molecule has 5 heteroatoms. The van der Waals surface area contributed by atoms with Crippen LogP contribution in [0.5, 0.6) is 0 Å². The summed E-state index contributed by atoms with van der Waals surface area (Å²) in [5.41, 5.74) is 5.71. The summed E-state index contributed by atoms with van der Waals surface area (Å²) in [4.78, 5) is 22.8. The first-order chi connectivity index (χ1) is 7.68. The smallest absolute Gasteiger partial charge is 0.252 e. The fourth-order valence-corrected chi connectivity index (χ4v) is 1.38. The molecule has 0 saturated carbocycles. The second kappa shape index (κ2) is 4.32. The van der Waals surface area contributed by atoms with Gasteiger partial charge in [-0.3, -0.25) is 9.59 Å². The largest absolute Gasteiger partial charge is 0.371 e. The quantitative estimate of drug-likeness (QED) is 0.696. The standard InChI is InChI=1S/C11H12N2O3/c12-10(14)8-3-1-2-4-9(8)11(15)13-5-7-6-16-7/h1-4,7H,5-6H2,(H2,12,14)(H,13,15)/t7-/m1/s1. The van der Waals surface area contributed by atoms with Crippen molar-refractivity contribution in [2.24, 2.45) is 5.73 Å². The monoisotopic (exact) mass is 220 g/mol. The number of benzene rings is 1. The molecule has 84 valence electrons. The summed E-state index contributed by atoms with van der Waals surface area (Å²) in [6.45, 7) is 1.14. The molecule has 0 aromatic heterocycles. The first-order valence-corrected chi connectivity index (χ1v) is 4.97. The Kier molecular flexibility index (Phi) is 2.87. The molecule has 0 spiro atoms. The normalized spacial score (nSPS) is 17.9. The van der Waals surface area contributed by atoms with Gasteiger partial charge in [-0.2, -0.15) is 0 Å². The minimum atomic E-state index is -0.603. The number of epoxide rings is 1. The van der Waals surface area contributed by atoms with Crippen LogP contribution in [0.4, 0.5) is 0 Å². The van der Waals surface area contributed by atoms with Crippen molar-refractivity contribution in [3.8, 4) is 0 Å². The van der Waals surface area contributed by atoms with E-state index in [-0.39, 0.29) is 17.6 Å². The van der Waals surface area contributed by atoms with Crippen molar-refractivity contribution in [2.75, 3.05) is 13.2 Å². The van der Waals surface area contributed by atoms with E-state index in [4.69, 9.17) is 10.5 Å². The van der Waals surface area contributed by atoms with Gasteiger partial charge in [0, 0.05) is 6.54 Å². The van der Waals surface area contributed by atoms with Crippen LogP contribution < -0.4 is 11.1 Å². The van der Waals surface area contributed by atoms with Gasteiger partial charge in [0.2, 0.25) is 5.91 Å². The summed E-state index contributed by atoms with van der Waals surface area (Å²) in [5.74, 6) is -0.904. The van der Waals surface area contributed by atoms with Crippen LogP contribution in [-0.2, 0) is 4.74 Å². The number of nitrogens with two attached hydrogens (primary N) is 1. The molecule has 0 aliphatic carbocycles. The highest BCUT2D eigenvalue weighted by molar-refractivity contribution is 6.06. The highest BCUT2D eigenvalue weighted by atomic mass is 16.6. The molecule has 5 nitrogen and oxygen atoms in total. The molecule has 3 N–H and O–H groups in total. The average molecular weight is 220 g/mol. The van der Waals surface area contributed by atoms with Crippen LogP contribution in [0.15, 0.2) is 24.3 Å². The zero-order valence-electron chi connectivity index (χ0n) is 8.60. The van der Waals surface area contributed by atoms with Gasteiger partial charge < -0.3 is 15.8 Å². The third-order valence-electron chi connectivity index (χ3n) is 2.33. The van der Waals surface area contributed by atoms with Gasteiger partial charge in [-0.25, -0.2) is 0 Å². The number of nitrogens with one attached hydrogen (secondary N) is 1. The molecule has 16 heavy (non-hydrogen) atoms. The summed E-state index contributed by atoms with van der Waals surface area (Å²) >= 11 is 0. The number of carbonyl (C=O) groups excluding carboxylic acids is 2. The van der Waals surface area contributed by atoms with E-state index in [9.17, 15) is 9.59 Å². The van der Waals surface area contributed by atoms with Gasteiger partial charge in [-0.05, 0) is 12.1 Å². The number of hydrogen-bond donors (Lipinski definition) is 2. The maximum absolute atomic E-state index is 11.7. The number of amides is 2. The minimum Gasteiger partial charge on any atom is -0.371 e. The zero-order valence-corrected chi connectivity index (χ0v) is 8.60. The van der Waals surface area contributed by atoms with Crippen LogP contribution in [0, 0.1) is 0 Å². The Morgan fingerprint density at radius 2 is 2.00 bits per heavy atom. The molecule has 1 saturated heterocycles. The molecule has 0 unspecified atom stereocenters. The van der Waals surface area contributed by atoms with Crippen molar-refractivity contribution in [3.63, 3.8) is 0 Å². The number of rotatable bonds is 4. The first-order valence-electron chi connectivity index (χ1n) is 4.97. The van der Waals surface area contributed by atoms with E-state index in [2.05, 4.69) is 5.32 Å². The van der Waals surface area contributed by atoms with Gasteiger partial charge >= 0.3 is 0 Å². The Balaban J connectivity index is 2.11. The second-order valence-electron chi connectivity index (χ2n) is 3.58. The van der Waals surface area contributed by atoms with Crippen molar-refractivity contribution in [3.05, 3.63) is 35.4 Å². The first kappa shape index (κ1) is 10.6. The molecule has 1 aliphatic heterocycles. The van der Waals surface area contributed by atoms with E-state index < -0.39 is 5.91 Å². The minimum absolute atomic E-state index is 0.115. The van der Waals surface area contributed by atoms with E-state index in [0.29, 0.717) is 18.7 Å². The summed E-state index contributed by atoms with van der Waals surface area (Å²) in [6.07, 6.45) is 0.115. The van der Waals surface area contributed by atoms with E-state index in [0.717, 1.165) is 0 Å². The predicted octanol–water partition coefficient (Wildman–Crippen LogP) is -0.0859. The van der Waals surface area contributed by atoms with Gasteiger partial charge in [0.25, 0.3) is 5.91 Å². The topological polar surface area (TPSA) is 84.7 Å². The molecular formula is C11H12N2O3. The summed E-state index contributed by atoms with van der Waals surface area (Å²) in [6, 6.07) is 6.46. The van der Waals surface area contributed by atoms with Crippen LogP contribution in [-0.4, -0.2) is 31.1 Å². The maximum atomic E-state index is 11.7. The predicted molar refractivity (Wildman–Crippen MR) is 57.0 cm³/mol. The van der Waals surface area contributed by atoms with Crippen LogP contribution >= 0.6 is 0 Å². The Morgan fingerprint density at radius 3 is 2.56 bits per heavy atom. The van der Waals surface area contributed by atoms with E-state index in [1.807, 2.05) is 0 Å². The van der Waals surface area contributed by atoms with E-state index in [1.54, 1.807) is 18.2 Å². The third-order valence-corrected chi connectivity index (χ3v) is 2.33. The molecule has 2 rings (SSSR count). The van der Waals surface area contributed by atoms with Crippen molar-refractivity contribution in [1.82, 2.24) is 5.32 Å². The van der Waals surface area contributed by atoms with Crippen molar-refractivity contribution >= 4 is 11.8 Å². The molecule has 0 radical (unpaired) electrons. The number of primary amides is 1. The number of carbonyl (C=O) groups is 2. The van der Waals surface area contributed by atoms with Gasteiger partial charge in [-0.1, -0.05) is 12.1 Å². The highest BCUT2D eigenvalue weighted by Gasteiger charge is 2.23. The van der Waals surface area contributed by atoms with Crippen molar-refractivity contribution in [2.45, 2.75) is 6.10 Å². The van der Waals surface area contributed by atoms with Gasteiger partial charge in [0.1, 0.15) is 0 Å². The summed E-state index contributed by atoms with van der Waals surface area (Å²) < 4.78 is 4.97. The Bertz CT molecular complexity index is 427.